The maximum absolute atomic E-state index is 13.2. The number of hydrogen-bond donors (Lipinski definition) is 1. The van der Waals surface area contributed by atoms with Crippen molar-refractivity contribution in [1.82, 2.24) is 14.9 Å². The molecule has 3 rings (SSSR count). The van der Waals surface area contributed by atoms with Crippen LogP contribution in [0.25, 0.3) is 22.0 Å². The first-order valence-corrected chi connectivity index (χ1v) is 8.56. The van der Waals surface area contributed by atoms with Crippen LogP contribution in [0.3, 0.4) is 0 Å². The minimum atomic E-state index is -0.256. The number of halogens is 1. The van der Waals surface area contributed by atoms with Crippen molar-refractivity contribution in [3.05, 3.63) is 48.5 Å². The Morgan fingerprint density at radius 1 is 1.08 bits per heavy atom. The van der Waals surface area contributed by atoms with Gasteiger partial charge < -0.3 is 15.0 Å². The summed E-state index contributed by atoms with van der Waals surface area (Å²) in [5, 5.41) is 4.27. The van der Waals surface area contributed by atoms with Crippen molar-refractivity contribution in [2.75, 3.05) is 39.6 Å². The first kappa shape index (κ1) is 18.1. The molecule has 0 aliphatic rings. The lowest BCUT2D eigenvalue weighted by Crippen LogP contribution is -2.16. The molecule has 26 heavy (non-hydrogen) atoms. The van der Waals surface area contributed by atoms with Gasteiger partial charge in [-0.1, -0.05) is 12.1 Å². The monoisotopic (exact) mass is 354 g/mol. The van der Waals surface area contributed by atoms with Crippen molar-refractivity contribution < 1.29 is 9.13 Å². The maximum atomic E-state index is 13.2. The molecule has 5 nitrogen and oxygen atoms in total. The highest BCUT2D eigenvalue weighted by Crippen LogP contribution is 2.33. The smallest absolute Gasteiger partial charge is 0.145 e. The molecule has 1 aromatic heterocycles. The average Bonchev–Trinajstić information content (AvgIpc) is 2.65. The van der Waals surface area contributed by atoms with Crippen LogP contribution in [-0.2, 0) is 0 Å². The van der Waals surface area contributed by atoms with E-state index in [4.69, 9.17) is 4.74 Å². The second-order valence-corrected chi connectivity index (χ2v) is 6.39. The van der Waals surface area contributed by atoms with E-state index in [1.54, 1.807) is 19.2 Å². The zero-order chi connectivity index (χ0) is 18.5. The number of fused-ring (bicyclic) bond motifs is 1. The van der Waals surface area contributed by atoms with Gasteiger partial charge in [-0.25, -0.2) is 14.4 Å². The van der Waals surface area contributed by atoms with Gasteiger partial charge in [-0.3, -0.25) is 0 Å². The lowest BCUT2D eigenvalue weighted by atomic mass is 10.0. The fourth-order valence-corrected chi connectivity index (χ4v) is 2.84. The summed E-state index contributed by atoms with van der Waals surface area (Å²) in [7, 11) is 5.73. The molecule has 0 fully saturated rings. The van der Waals surface area contributed by atoms with Crippen LogP contribution in [0.1, 0.15) is 6.42 Å². The van der Waals surface area contributed by atoms with Gasteiger partial charge in [-0.15, -0.1) is 0 Å². The number of nitrogens with zero attached hydrogens (tertiary/aromatic N) is 3. The Bertz CT molecular complexity index is 881. The van der Waals surface area contributed by atoms with E-state index < -0.39 is 0 Å². The Kier molecular flexibility index (Phi) is 5.63. The van der Waals surface area contributed by atoms with Crippen molar-refractivity contribution in [2.24, 2.45) is 0 Å². The summed E-state index contributed by atoms with van der Waals surface area (Å²) in [6, 6.07) is 10.3. The van der Waals surface area contributed by atoms with Crippen LogP contribution in [0.5, 0.6) is 5.75 Å². The molecule has 1 N–H and O–H groups in total. The molecule has 1 heterocycles. The predicted molar refractivity (Wildman–Crippen MR) is 103 cm³/mol. The number of anilines is 1. The molecule has 0 saturated heterocycles. The van der Waals surface area contributed by atoms with E-state index in [2.05, 4.69) is 34.3 Å². The van der Waals surface area contributed by atoms with Crippen LogP contribution in [0, 0.1) is 5.82 Å². The zero-order valence-corrected chi connectivity index (χ0v) is 15.3. The third-order valence-electron chi connectivity index (χ3n) is 4.18. The van der Waals surface area contributed by atoms with Crippen LogP contribution in [0.15, 0.2) is 42.7 Å². The van der Waals surface area contributed by atoms with Crippen LogP contribution in [0.2, 0.25) is 0 Å². The highest BCUT2D eigenvalue weighted by molar-refractivity contribution is 5.96. The summed E-state index contributed by atoms with van der Waals surface area (Å²) in [4.78, 5) is 10.9. The van der Waals surface area contributed by atoms with Crippen molar-refractivity contribution in [1.29, 1.82) is 0 Å². The van der Waals surface area contributed by atoms with E-state index in [-0.39, 0.29) is 5.82 Å². The molecule has 0 bridgehead atoms. The van der Waals surface area contributed by atoms with Crippen molar-refractivity contribution in [3.63, 3.8) is 0 Å². The van der Waals surface area contributed by atoms with Gasteiger partial charge in [-0.05, 0) is 62.5 Å². The van der Waals surface area contributed by atoms with Gasteiger partial charge in [-0.2, -0.15) is 0 Å². The number of aromatic nitrogens is 2. The normalized spacial score (nSPS) is 11.1. The number of benzene rings is 2. The molecular weight excluding hydrogens is 331 g/mol. The molecular formula is C20H23FN4O. The van der Waals surface area contributed by atoms with E-state index in [0.29, 0.717) is 5.75 Å². The summed E-state index contributed by atoms with van der Waals surface area (Å²) in [6.07, 6.45) is 2.55. The second-order valence-electron chi connectivity index (χ2n) is 6.39. The lowest BCUT2D eigenvalue weighted by molar-refractivity contribution is 0.405. The molecule has 136 valence electrons. The molecule has 0 unspecified atom stereocenters. The van der Waals surface area contributed by atoms with E-state index in [1.165, 1.54) is 18.5 Å². The highest BCUT2D eigenvalue weighted by atomic mass is 19.1. The van der Waals surface area contributed by atoms with Crippen LogP contribution in [-0.4, -0.2) is 49.2 Å². The summed E-state index contributed by atoms with van der Waals surface area (Å²) < 4.78 is 18.8. The van der Waals surface area contributed by atoms with E-state index in [0.717, 1.165) is 47.4 Å². The van der Waals surface area contributed by atoms with Crippen LogP contribution >= 0.6 is 0 Å². The fraction of sp³-hybridized carbons (Fsp3) is 0.300. The minimum absolute atomic E-state index is 0.256. The minimum Gasteiger partial charge on any atom is -0.494 e. The summed E-state index contributed by atoms with van der Waals surface area (Å²) >= 11 is 0. The molecule has 0 aliphatic carbocycles. The van der Waals surface area contributed by atoms with Gasteiger partial charge in [0, 0.05) is 11.9 Å². The van der Waals surface area contributed by atoms with Crippen LogP contribution in [0.4, 0.5) is 10.2 Å². The summed E-state index contributed by atoms with van der Waals surface area (Å²) in [6.45, 7) is 1.81. The van der Waals surface area contributed by atoms with Gasteiger partial charge >= 0.3 is 0 Å². The van der Waals surface area contributed by atoms with Gasteiger partial charge in [0.25, 0.3) is 0 Å². The quantitative estimate of drug-likeness (QED) is 0.654. The zero-order valence-electron chi connectivity index (χ0n) is 15.3. The number of methoxy groups -OCH3 is 1. The highest BCUT2D eigenvalue weighted by Gasteiger charge is 2.12. The van der Waals surface area contributed by atoms with Crippen molar-refractivity contribution in [2.45, 2.75) is 6.42 Å². The van der Waals surface area contributed by atoms with Crippen LogP contribution < -0.4 is 10.1 Å². The van der Waals surface area contributed by atoms with Crippen molar-refractivity contribution in [3.8, 4) is 16.9 Å². The Morgan fingerprint density at radius 3 is 2.54 bits per heavy atom. The fourth-order valence-electron chi connectivity index (χ4n) is 2.84. The van der Waals surface area contributed by atoms with E-state index in [9.17, 15) is 4.39 Å². The molecule has 0 spiro atoms. The Balaban J connectivity index is 1.98. The Hall–Kier alpha value is -2.73. The molecule has 0 atom stereocenters. The first-order chi connectivity index (χ1) is 12.6. The number of ether oxygens (including phenoxy) is 1. The van der Waals surface area contributed by atoms with Gasteiger partial charge in [0.2, 0.25) is 0 Å². The largest absolute Gasteiger partial charge is 0.494 e. The molecule has 6 heteroatoms. The molecule has 0 aliphatic heterocycles. The first-order valence-electron chi connectivity index (χ1n) is 8.56. The SMILES string of the molecule is COc1cc(-c2ccc(F)cc2)cc2c(NCCCN(C)C)ncnc12. The third-order valence-corrected chi connectivity index (χ3v) is 4.18. The average molecular weight is 354 g/mol. The molecule has 2 aromatic carbocycles. The van der Waals surface area contributed by atoms with Gasteiger partial charge in [0.15, 0.2) is 0 Å². The molecule has 3 aromatic rings. The Labute approximate surface area is 152 Å². The second kappa shape index (κ2) is 8.10. The third kappa shape index (κ3) is 4.08. The predicted octanol–water partition coefficient (Wildman–Crippen LogP) is 3.81. The van der Waals surface area contributed by atoms with E-state index in [1.807, 2.05) is 12.1 Å². The molecule has 0 radical (unpaired) electrons. The summed E-state index contributed by atoms with van der Waals surface area (Å²) in [5.41, 5.74) is 2.60. The van der Waals surface area contributed by atoms with Gasteiger partial charge in [0.05, 0.1) is 7.11 Å². The number of nitrogens with one attached hydrogen (secondary N) is 1. The topological polar surface area (TPSA) is 50.3 Å². The lowest BCUT2D eigenvalue weighted by Gasteiger charge is -2.14. The standard InChI is InChI=1S/C20H23FN4O/c1-25(2)10-4-9-22-20-17-11-15(14-5-7-16(21)8-6-14)12-18(26-3)19(17)23-13-24-20/h5-8,11-13H,4,9-10H2,1-3H3,(H,22,23,24). The Morgan fingerprint density at radius 2 is 1.85 bits per heavy atom. The number of rotatable bonds is 7. The van der Waals surface area contributed by atoms with Gasteiger partial charge in [0.1, 0.15) is 29.2 Å². The van der Waals surface area contributed by atoms with E-state index >= 15 is 0 Å². The summed E-state index contributed by atoms with van der Waals surface area (Å²) in [5.74, 6) is 1.18. The molecule has 0 amide bonds. The van der Waals surface area contributed by atoms with Crippen molar-refractivity contribution >= 4 is 16.7 Å². The maximum Gasteiger partial charge on any atom is 0.145 e. The molecule has 0 saturated carbocycles. The number of hydrogen-bond acceptors (Lipinski definition) is 5.